The molecule has 0 aliphatic carbocycles. The summed E-state index contributed by atoms with van der Waals surface area (Å²) in [7, 11) is -1.12. The standard InChI is InChI=1S/C8H7F3OS/c1-12-6-2-4-7(5-3-6)13(11)8(9)10/h2-5H,1H3. The Morgan fingerprint density at radius 1 is 1.23 bits per heavy atom. The zero-order valence-corrected chi connectivity index (χ0v) is 7.58. The van der Waals surface area contributed by atoms with Gasteiger partial charge in [0.05, 0.1) is 18.0 Å². The van der Waals surface area contributed by atoms with Crippen molar-refractivity contribution in [1.29, 1.82) is 0 Å². The van der Waals surface area contributed by atoms with Crippen molar-refractivity contribution in [2.45, 2.75) is 4.90 Å². The molecule has 0 heterocycles. The van der Waals surface area contributed by atoms with Crippen molar-refractivity contribution in [1.82, 2.24) is 0 Å². The van der Waals surface area contributed by atoms with Gasteiger partial charge >= 0.3 is 5.37 Å². The molecule has 0 radical (unpaired) electrons. The van der Waals surface area contributed by atoms with Crippen LogP contribution in [-0.4, -0.2) is 12.5 Å². The van der Waals surface area contributed by atoms with Gasteiger partial charge in [-0.25, -0.2) is 0 Å². The maximum atomic E-state index is 12.7. The number of ether oxygens (including phenoxy) is 1. The lowest BCUT2D eigenvalue weighted by atomic mass is 10.3. The SMILES string of the molecule is COc1ccc(S(F)=C(F)F)cc1. The summed E-state index contributed by atoms with van der Waals surface area (Å²) in [6, 6.07) is 5.44. The monoisotopic (exact) mass is 208 g/mol. The molecule has 0 saturated carbocycles. The number of hydrogen-bond donors (Lipinski definition) is 0. The zero-order valence-electron chi connectivity index (χ0n) is 6.76. The maximum Gasteiger partial charge on any atom is 0.328 e. The van der Waals surface area contributed by atoms with E-state index >= 15 is 0 Å². The van der Waals surface area contributed by atoms with Crippen LogP contribution in [0.5, 0.6) is 5.75 Å². The van der Waals surface area contributed by atoms with Gasteiger partial charge in [0.15, 0.2) is 0 Å². The van der Waals surface area contributed by atoms with E-state index in [1.807, 2.05) is 0 Å². The van der Waals surface area contributed by atoms with Crippen LogP contribution in [0.3, 0.4) is 0 Å². The molecule has 1 aromatic rings. The van der Waals surface area contributed by atoms with E-state index in [1.165, 1.54) is 31.4 Å². The molecule has 0 aromatic heterocycles. The first-order valence-corrected chi connectivity index (χ1v) is 4.50. The van der Waals surface area contributed by atoms with Gasteiger partial charge in [0, 0.05) is 4.90 Å². The molecule has 0 aliphatic heterocycles. The second-order valence-corrected chi connectivity index (χ2v) is 3.45. The summed E-state index contributed by atoms with van der Waals surface area (Å²) in [6.45, 7) is 0. The molecule has 1 unspecified atom stereocenters. The molecule has 0 bridgehead atoms. The van der Waals surface area contributed by atoms with Crippen molar-refractivity contribution in [3.05, 3.63) is 24.3 Å². The molecule has 1 rings (SSSR count). The van der Waals surface area contributed by atoms with E-state index in [2.05, 4.69) is 0 Å². The van der Waals surface area contributed by atoms with Gasteiger partial charge < -0.3 is 4.74 Å². The van der Waals surface area contributed by atoms with E-state index in [9.17, 15) is 12.7 Å². The third kappa shape index (κ3) is 2.48. The molecule has 0 spiro atoms. The fourth-order valence-electron chi connectivity index (χ4n) is 0.784. The first-order valence-electron chi connectivity index (χ1n) is 3.37. The van der Waals surface area contributed by atoms with Gasteiger partial charge in [-0.1, -0.05) is 0 Å². The highest BCUT2D eigenvalue weighted by molar-refractivity contribution is 8.11. The highest BCUT2D eigenvalue weighted by Crippen LogP contribution is 2.31. The molecule has 1 nitrogen and oxygen atoms in total. The molecular formula is C8H7F3OS. The van der Waals surface area contributed by atoms with Gasteiger partial charge in [0.2, 0.25) is 0 Å². The van der Waals surface area contributed by atoms with Crippen molar-refractivity contribution < 1.29 is 17.4 Å². The first kappa shape index (κ1) is 10.1. The Morgan fingerprint density at radius 2 is 1.77 bits per heavy atom. The lowest BCUT2D eigenvalue weighted by Crippen LogP contribution is -1.82. The Kier molecular flexibility index (Phi) is 3.36. The Bertz CT molecular complexity index is 317. The largest absolute Gasteiger partial charge is 0.497 e. The lowest BCUT2D eigenvalue weighted by molar-refractivity contribution is 0.414. The molecule has 5 heteroatoms. The third-order valence-corrected chi connectivity index (χ3v) is 2.36. The molecule has 72 valence electrons. The minimum atomic E-state index is -2.57. The Labute approximate surface area is 76.4 Å². The van der Waals surface area contributed by atoms with Crippen molar-refractivity contribution in [3.63, 3.8) is 0 Å². The quantitative estimate of drug-likeness (QED) is 0.535. The predicted molar refractivity (Wildman–Crippen MR) is 47.2 cm³/mol. The summed E-state index contributed by atoms with van der Waals surface area (Å²) < 4.78 is 41.1. The number of benzene rings is 1. The van der Waals surface area contributed by atoms with Crippen LogP contribution >= 0.6 is 10.9 Å². The summed E-state index contributed by atoms with van der Waals surface area (Å²) in [5.74, 6) is 0.514. The molecule has 13 heavy (non-hydrogen) atoms. The van der Waals surface area contributed by atoms with Crippen LogP contribution in [0.15, 0.2) is 29.2 Å². The lowest BCUT2D eigenvalue weighted by Gasteiger charge is -2.00. The van der Waals surface area contributed by atoms with Crippen molar-refractivity contribution >= 4 is 16.2 Å². The van der Waals surface area contributed by atoms with E-state index in [0.717, 1.165) is 0 Å². The number of rotatable bonds is 2. The Hall–Kier alpha value is -0.970. The average molecular weight is 208 g/mol. The van der Waals surface area contributed by atoms with Gasteiger partial charge in [-0.05, 0) is 24.3 Å². The van der Waals surface area contributed by atoms with Crippen molar-refractivity contribution in [2.24, 2.45) is 0 Å². The van der Waals surface area contributed by atoms with E-state index in [-0.39, 0.29) is 4.90 Å². The molecular weight excluding hydrogens is 201 g/mol. The van der Waals surface area contributed by atoms with Crippen LogP contribution in [0.2, 0.25) is 0 Å². The summed E-state index contributed by atoms with van der Waals surface area (Å²) in [5.41, 5.74) is 0. The van der Waals surface area contributed by atoms with E-state index in [4.69, 9.17) is 4.74 Å². The van der Waals surface area contributed by atoms with E-state index in [0.29, 0.717) is 5.75 Å². The molecule has 0 fully saturated rings. The number of halogens is 3. The highest BCUT2D eigenvalue weighted by Gasteiger charge is 2.05. The molecule has 0 N–H and O–H groups in total. The van der Waals surface area contributed by atoms with Crippen LogP contribution in [0.4, 0.5) is 12.7 Å². The summed E-state index contributed by atoms with van der Waals surface area (Å²) >= 11 is 0. The Balaban J connectivity index is 2.99. The van der Waals surface area contributed by atoms with Crippen LogP contribution in [-0.2, 0) is 0 Å². The topological polar surface area (TPSA) is 9.23 Å². The Morgan fingerprint density at radius 3 is 2.15 bits per heavy atom. The molecule has 0 saturated heterocycles. The number of hydrogen-bond acceptors (Lipinski definition) is 1. The summed E-state index contributed by atoms with van der Waals surface area (Å²) in [4.78, 5) is -0.0409. The van der Waals surface area contributed by atoms with Gasteiger partial charge in [-0.15, -0.1) is 0 Å². The average Bonchev–Trinajstić information content (AvgIpc) is 2.17. The van der Waals surface area contributed by atoms with Gasteiger partial charge in [-0.2, -0.15) is 12.7 Å². The van der Waals surface area contributed by atoms with Crippen LogP contribution in [0, 0.1) is 0 Å². The van der Waals surface area contributed by atoms with Crippen LogP contribution in [0.25, 0.3) is 0 Å². The minimum Gasteiger partial charge on any atom is -0.497 e. The third-order valence-electron chi connectivity index (χ3n) is 1.40. The second-order valence-electron chi connectivity index (χ2n) is 2.16. The van der Waals surface area contributed by atoms with Gasteiger partial charge in [0.25, 0.3) is 0 Å². The van der Waals surface area contributed by atoms with Gasteiger partial charge in [-0.3, -0.25) is 0 Å². The first-order chi connectivity index (χ1) is 6.15. The fraction of sp³-hybridized carbons (Fsp3) is 0.125. The molecule has 0 aliphatic rings. The predicted octanol–water partition coefficient (Wildman–Crippen LogP) is 3.23. The van der Waals surface area contributed by atoms with Crippen molar-refractivity contribution in [3.8, 4) is 5.75 Å². The minimum absolute atomic E-state index is 0.0409. The highest BCUT2D eigenvalue weighted by atomic mass is 32.2. The van der Waals surface area contributed by atoms with Crippen LogP contribution in [0.1, 0.15) is 0 Å². The van der Waals surface area contributed by atoms with E-state index in [1.54, 1.807) is 0 Å². The fourth-order valence-corrected chi connectivity index (χ4v) is 1.34. The molecule has 1 atom stereocenters. The summed E-state index contributed by atoms with van der Waals surface area (Å²) in [6.07, 6.45) is 0. The van der Waals surface area contributed by atoms with Crippen LogP contribution < -0.4 is 4.74 Å². The molecule has 0 amide bonds. The smallest absolute Gasteiger partial charge is 0.328 e. The van der Waals surface area contributed by atoms with E-state index < -0.39 is 16.2 Å². The zero-order chi connectivity index (χ0) is 9.84. The van der Waals surface area contributed by atoms with Gasteiger partial charge in [0.1, 0.15) is 5.75 Å². The second kappa shape index (κ2) is 4.32. The number of methoxy groups -OCH3 is 1. The normalized spacial score (nSPS) is 12.3. The molecule has 1 aromatic carbocycles. The van der Waals surface area contributed by atoms with Crippen molar-refractivity contribution in [2.75, 3.05) is 7.11 Å². The maximum absolute atomic E-state index is 12.7. The summed E-state index contributed by atoms with van der Waals surface area (Å²) in [5, 5.41) is -2.20.